The van der Waals surface area contributed by atoms with Gasteiger partial charge in [-0.2, -0.15) is 5.10 Å². The van der Waals surface area contributed by atoms with E-state index in [0.29, 0.717) is 13.2 Å². The summed E-state index contributed by atoms with van der Waals surface area (Å²) in [6.07, 6.45) is 5.87. The topological polar surface area (TPSA) is 97.7 Å². The molecule has 8 nitrogen and oxygen atoms in total. The molecule has 3 rings (SSSR count). The number of aryl methyl sites for hydroxylation is 1. The van der Waals surface area contributed by atoms with E-state index in [0.717, 1.165) is 18.8 Å². The average molecular weight is 290 g/mol. The molecule has 1 fully saturated rings. The van der Waals surface area contributed by atoms with Crippen molar-refractivity contribution in [1.29, 1.82) is 0 Å². The van der Waals surface area contributed by atoms with Crippen molar-refractivity contribution in [2.45, 2.75) is 26.0 Å². The monoisotopic (exact) mass is 290 g/mol. The van der Waals surface area contributed by atoms with Gasteiger partial charge >= 0.3 is 0 Å². The van der Waals surface area contributed by atoms with E-state index < -0.39 is 0 Å². The van der Waals surface area contributed by atoms with Gasteiger partial charge in [0.1, 0.15) is 18.3 Å². The first kappa shape index (κ1) is 13.7. The molecule has 1 aliphatic heterocycles. The minimum Gasteiger partial charge on any atom is -0.370 e. The molecule has 1 amide bonds. The van der Waals surface area contributed by atoms with E-state index in [1.54, 1.807) is 6.20 Å². The minimum atomic E-state index is -0.253. The Bertz CT molecular complexity index is 594. The van der Waals surface area contributed by atoms with E-state index in [1.165, 1.54) is 6.33 Å². The third-order valence-electron chi connectivity index (χ3n) is 3.71. The lowest BCUT2D eigenvalue weighted by atomic mass is 10.0. The van der Waals surface area contributed by atoms with Crippen molar-refractivity contribution >= 4 is 5.91 Å². The summed E-state index contributed by atoms with van der Waals surface area (Å²) in [5.41, 5.74) is 0. The van der Waals surface area contributed by atoms with Crippen LogP contribution in [0.2, 0.25) is 0 Å². The first-order chi connectivity index (χ1) is 10.3. The molecule has 0 aromatic carbocycles. The smallest absolute Gasteiger partial charge is 0.288 e. The number of carbonyl (C=O) groups is 1. The van der Waals surface area contributed by atoms with Crippen LogP contribution in [0.25, 0.3) is 0 Å². The number of aromatic amines is 1. The molecule has 1 aliphatic rings. The minimum absolute atomic E-state index is 0.0741. The fourth-order valence-electron chi connectivity index (χ4n) is 2.60. The lowest BCUT2D eigenvalue weighted by Gasteiger charge is -2.19. The van der Waals surface area contributed by atoms with Crippen LogP contribution < -0.4 is 5.32 Å². The molecule has 2 aromatic heterocycles. The summed E-state index contributed by atoms with van der Waals surface area (Å²) >= 11 is 0. The second kappa shape index (κ2) is 6.04. The number of aromatic nitrogens is 5. The highest BCUT2D eigenvalue weighted by Gasteiger charge is 2.33. The summed E-state index contributed by atoms with van der Waals surface area (Å²) < 4.78 is 7.88. The lowest BCUT2D eigenvalue weighted by Crippen LogP contribution is -2.31. The molecule has 0 bridgehead atoms. The predicted molar refractivity (Wildman–Crippen MR) is 73.4 cm³/mol. The van der Waals surface area contributed by atoms with Gasteiger partial charge in [-0.1, -0.05) is 0 Å². The molecule has 0 radical (unpaired) electrons. The molecule has 2 atom stereocenters. The number of H-pyrrole nitrogens is 1. The van der Waals surface area contributed by atoms with Crippen LogP contribution in [0.4, 0.5) is 0 Å². The van der Waals surface area contributed by atoms with E-state index in [1.807, 2.05) is 6.20 Å². The summed E-state index contributed by atoms with van der Waals surface area (Å²) in [6, 6.07) is 0. The van der Waals surface area contributed by atoms with Gasteiger partial charge in [-0.05, 0) is 13.3 Å². The van der Waals surface area contributed by atoms with Crippen molar-refractivity contribution in [3.63, 3.8) is 0 Å². The van der Waals surface area contributed by atoms with Crippen molar-refractivity contribution < 1.29 is 9.53 Å². The molecule has 0 unspecified atom stereocenters. The molecule has 1 saturated heterocycles. The predicted octanol–water partition coefficient (Wildman–Crippen LogP) is 0.529. The zero-order valence-electron chi connectivity index (χ0n) is 11.8. The largest absolute Gasteiger partial charge is 0.370 e. The van der Waals surface area contributed by atoms with Gasteiger partial charge in [-0.25, -0.2) is 9.97 Å². The first-order valence-corrected chi connectivity index (χ1v) is 7.05. The van der Waals surface area contributed by atoms with Crippen LogP contribution in [0, 0.1) is 5.92 Å². The summed E-state index contributed by atoms with van der Waals surface area (Å²) in [6.45, 7) is 4.14. The molecule has 0 aliphatic carbocycles. The highest BCUT2D eigenvalue weighted by molar-refractivity contribution is 5.90. The second-order valence-electron chi connectivity index (χ2n) is 4.96. The summed E-state index contributed by atoms with van der Waals surface area (Å²) in [4.78, 5) is 20.1. The number of hydrogen-bond acceptors (Lipinski definition) is 5. The van der Waals surface area contributed by atoms with Crippen molar-refractivity contribution in [1.82, 2.24) is 30.0 Å². The van der Waals surface area contributed by atoms with Crippen molar-refractivity contribution in [3.8, 4) is 0 Å². The molecule has 0 saturated carbocycles. The number of nitrogens with one attached hydrogen (secondary N) is 2. The molecule has 21 heavy (non-hydrogen) atoms. The maximum Gasteiger partial charge on any atom is 0.288 e. The number of rotatable bonds is 5. The Kier molecular flexibility index (Phi) is 3.96. The maximum absolute atomic E-state index is 11.9. The Morgan fingerprint density at radius 1 is 1.57 bits per heavy atom. The maximum atomic E-state index is 11.9. The molecule has 0 spiro atoms. The van der Waals surface area contributed by atoms with Crippen molar-refractivity contribution in [2.24, 2.45) is 5.92 Å². The third kappa shape index (κ3) is 2.80. The van der Waals surface area contributed by atoms with Crippen LogP contribution in [0.15, 0.2) is 18.7 Å². The third-order valence-corrected chi connectivity index (χ3v) is 3.71. The molecule has 8 heteroatoms. The van der Waals surface area contributed by atoms with E-state index in [-0.39, 0.29) is 23.8 Å². The van der Waals surface area contributed by atoms with Crippen molar-refractivity contribution in [2.75, 3.05) is 13.2 Å². The molecular formula is C13H18N6O2. The average Bonchev–Trinajstić information content (AvgIpc) is 3.23. The lowest BCUT2D eigenvalue weighted by molar-refractivity contribution is 0.0771. The molecule has 2 N–H and O–H groups in total. The molecule has 112 valence electrons. The zero-order chi connectivity index (χ0) is 14.7. The normalized spacial score (nSPS) is 21.6. The molecular weight excluding hydrogens is 272 g/mol. The Morgan fingerprint density at radius 2 is 2.48 bits per heavy atom. The van der Waals surface area contributed by atoms with Gasteiger partial charge in [0.15, 0.2) is 0 Å². The van der Waals surface area contributed by atoms with Gasteiger partial charge < -0.3 is 14.6 Å². The van der Waals surface area contributed by atoms with Crippen LogP contribution >= 0.6 is 0 Å². The SMILES string of the molecule is CCn1ccnc1[C@@H]1OCC[C@H]1CNC(=O)c1ncn[nH]1. The zero-order valence-corrected chi connectivity index (χ0v) is 11.8. The van der Waals surface area contributed by atoms with Crippen LogP contribution in [0.3, 0.4) is 0 Å². The second-order valence-corrected chi connectivity index (χ2v) is 4.96. The molecule has 2 aromatic rings. The Hall–Kier alpha value is -2.22. The van der Waals surface area contributed by atoms with Gasteiger partial charge in [0.2, 0.25) is 5.82 Å². The van der Waals surface area contributed by atoms with Crippen LogP contribution in [-0.2, 0) is 11.3 Å². The van der Waals surface area contributed by atoms with E-state index >= 15 is 0 Å². The fraction of sp³-hybridized carbons (Fsp3) is 0.538. The fourth-order valence-corrected chi connectivity index (χ4v) is 2.60. The van der Waals surface area contributed by atoms with E-state index in [4.69, 9.17) is 4.74 Å². The number of imidazole rings is 1. The first-order valence-electron chi connectivity index (χ1n) is 7.05. The number of amides is 1. The van der Waals surface area contributed by atoms with E-state index in [9.17, 15) is 4.79 Å². The Morgan fingerprint density at radius 3 is 3.24 bits per heavy atom. The number of ether oxygens (including phenoxy) is 1. The summed E-state index contributed by atoms with van der Waals surface area (Å²) in [7, 11) is 0. The van der Waals surface area contributed by atoms with Gasteiger partial charge in [0, 0.05) is 38.0 Å². The number of nitrogens with zero attached hydrogens (tertiary/aromatic N) is 4. The van der Waals surface area contributed by atoms with E-state index in [2.05, 4.69) is 37.0 Å². The number of carbonyl (C=O) groups excluding carboxylic acids is 1. The van der Waals surface area contributed by atoms with Crippen LogP contribution in [-0.4, -0.2) is 43.8 Å². The number of hydrogen-bond donors (Lipinski definition) is 2. The quantitative estimate of drug-likeness (QED) is 0.837. The highest BCUT2D eigenvalue weighted by Crippen LogP contribution is 2.33. The summed E-state index contributed by atoms with van der Waals surface area (Å²) in [5.74, 6) is 1.11. The standard InChI is InChI=1S/C13H18N6O2/c1-2-19-5-4-14-12(19)10-9(3-6-21-10)7-15-13(20)11-16-8-17-18-11/h4-5,8-10H,2-3,6-7H2,1H3,(H,15,20)(H,16,17,18)/t9-,10+/m0/s1. The summed E-state index contributed by atoms with van der Waals surface area (Å²) in [5, 5.41) is 9.08. The van der Waals surface area contributed by atoms with Gasteiger partial charge in [-0.15, -0.1) is 0 Å². The Labute approximate surface area is 121 Å². The van der Waals surface area contributed by atoms with Crippen LogP contribution in [0.5, 0.6) is 0 Å². The van der Waals surface area contributed by atoms with Crippen molar-refractivity contribution in [3.05, 3.63) is 30.4 Å². The van der Waals surface area contributed by atoms with Gasteiger partial charge in [-0.3, -0.25) is 9.89 Å². The van der Waals surface area contributed by atoms with Crippen LogP contribution in [0.1, 0.15) is 35.9 Å². The molecule has 3 heterocycles. The van der Waals surface area contributed by atoms with Gasteiger partial charge in [0.25, 0.3) is 5.91 Å². The highest BCUT2D eigenvalue weighted by atomic mass is 16.5. The van der Waals surface area contributed by atoms with Gasteiger partial charge in [0.05, 0.1) is 0 Å². The Balaban J connectivity index is 1.63.